The molecule has 0 aliphatic carbocycles. The van der Waals surface area contributed by atoms with Crippen molar-refractivity contribution < 1.29 is 88.4 Å². The molecule has 0 bridgehead atoms. The van der Waals surface area contributed by atoms with E-state index in [1.54, 1.807) is 131 Å². The number of ketones is 3. The van der Waals surface area contributed by atoms with Gasteiger partial charge in [0.2, 0.25) is 0 Å². The maximum Gasteiger partial charge on any atom is 3.00 e. The quantitative estimate of drug-likeness (QED) is 0.0417. The van der Waals surface area contributed by atoms with Crippen LogP contribution in [0.25, 0.3) is 17.3 Å². The molecule has 9 aromatic carbocycles. The van der Waals surface area contributed by atoms with Crippen LogP contribution in [0.4, 0.5) is 0 Å². The minimum Gasteiger partial charge on any atom is -0.872 e. The van der Waals surface area contributed by atoms with Crippen molar-refractivity contribution in [1.82, 2.24) is 0 Å². The summed E-state index contributed by atoms with van der Waals surface area (Å²) in [5.41, 5.74) is 6.47. The summed E-state index contributed by atoms with van der Waals surface area (Å²) in [6, 6.07) is 71.4. The molecular weight excluding hydrogens is 1290 g/mol. The Balaban J connectivity index is 0.000000218. The van der Waals surface area contributed by atoms with E-state index in [9.17, 15) is 34.3 Å². The third-order valence-corrected chi connectivity index (χ3v) is 17.5. The number of benzene rings is 9. The van der Waals surface area contributed by atoms with Crippen LogP contribution in [0.5, 0.6) is 17.2 Å². The number of allylic oxidation sites excluding steroid dienone is 3. The number of carbonyl (C=O) groups is 3. The summed E-state index contributed by atoms with van der Waals surface area (Å²) < 4.78 is 29.0. The predicted octanol–water partition coefficient (Wildman–Crippen LogP) is 14.1. The first-order valence-corrected chi connectivity index (χ1v) is 30.8. The van der Waals surface area contributed by atoms with E-state index in [2.05, 4.69) is 62.3 Å². The maximum absolute atomic E-state index is 13.8. The fourth-order valence-electron chi connectivity index (χ4n) is 8.89. The zero-order valence-electron chi connectivity index (χ0n) is 53.1. The molecule has 0 aromatic heterocycles. The fourth-order valence-corrected chi connectivity index (χ4v) is 11.6. The predicted molar refractivity (Wildman–Crippen MR) is 357 cm³/mol. The molecule has 463 valence electrons. The van der Waals surface area contributed by atoms with Crippen molar-refractivity contribution in [2.75, 3.05) is 21.3 Å². The van der Waals surface area contributed by atoms with Crippen molar-refractivity contribution in [3.8, 4) is 17.2 Å². The number of ether oxygens (including phenoxy) is 3. The van der Waals surface area contributed by atoms with Gasteiger partial charge in [-0.15, -0.1) is 0 Å². The summed E-state index contributed by atoms with van der Waals surface area (Å²) in [5, 5.41) is 39.3. The van der Waals surface area contributed by atoms with Gasteiger partial charge in [-0.3, -0.25) is 14.4 Å². The van der Waals surface area contributed by atoms with Crippen LogP contribution in [0, 0.1) is 39.9 Å². The molecule has 12 heteroatoms. The third-order valence-electron chi connectivity index (χ3n) is 14.4. The van der Waals surface area contributed by atoms with Gasteiger partial charge >= 0.3 is 39.9 Å². The molecule has 0 fully saturated rings. The summed E-state index contributed by atoms with van der Waals surface area (Å²) in [6.45, 7) is 19.0. The molecule has 0 aliphatic heterocycles. The van der Waals surface area contributed by atoms with Gasteiger partial charge in [-0.25, -0.2) is 0 Å². The molecule has 90 heavy (non-hydrogen) atoms. The fraction of sp³-hybridized carbons (Fsp3) is 0.192. The molecule has 0 saturated carbocycles. The molecule has 9 aromatic rings. The molecule has 0 N–H and O–H groups in total. The monoisotopic (exact) mass is 1360 g/mol. The number of hydrogen-bond acceptors (Lipinski definition) is 10. The Labute approximate surface area is 563 Å². The Bertz CT molecular complexity index is 3470. The first-order chi connectivity index (χ1) is 42.2. The number of rotatable bonds is 15. The van der Waals surface area contributed by atoms with Crippen LogP contribution in [0.15, 0.2) is 255 Å². The van der Waals surface area contributed by atoms with Crippen LogP contribution in [0.2, 0.25) is 0 Å². The standard InChI is InChI=1S/3C20H22O3.C18H15OP.Gd/c3*1-20(2,3)16-9-5-14(6-10-16)18(21)13-19(22)15-7-11-17(23-4)12-8-15;19-20(16-10-4-1-5-11-16,17-12-6-2-7-13-17)18-14-8-3-9-15-18;/h3*5-13,21H,1-4H3;1-15H;/q;;;;+3/p-3/b3*18-13-;;. The van der Waals surface area contributed by atoms with E-state index in [-0.39, 0.29) is 90.8 Å². The molecule has 0 atom stereocenters. The summed E-state index contributed by atoms with van der Waals surface area (Å²) >= 11 is 0. The molecule has 0 heterocycles. The van der Waals surface area contributed by atoms with Gasteiger partial charge in [0.15, 0.2) is 24.5 Å². The Kier molecular flexibility index (Phi) is 26.8. The molecule has 0 spiro atoms. The molecule has 0 amide bonds. The van der Waals surface area contributed by atoms with Crippen molar-refractivity contribution in [2.45, 2.75) is 78.6 Å². The van der Waals surface area contributed by atoms with Crippen molar-refractivity contribution in [3.05, 3.63) is 305 Å². The SMILES string of the molecule is COc1ccc(C(=O)/C=C(\[O-])c2ccc(C(C)(C)C)cc2)cc1.COc1ccc(C(=O)/C=C(\[O-])c2ccc(C(C)(C)C)cc2)cc1.COc1ccc(C(=O)/C=C(\[O-])c2ccc(C(C)(C)C)cc2)cc1.O=P(c1ccccc1)(c1ccccc1)c1ccccc1.[Gd+3]. The normalized spacial score (nSPS) is 11.8. The van der Waals surface area contributed by atoms with E-state index in [4.69, 9.17) is 14.2 Å². The minimum atomic E-state index is -2.78. The van der Waals surface area contributed by atoms with Crippen LogP contribution >= 0.6 is 7.14 Å². The molecule has 0 unspecified atom stereocenters. The van der Waals surface area contributed by atoms with E-state index in [1.807, 2.05) is 127 Å². The van der Waals surface area contributed by atoms with Gasteiger partial charge in [0.25, 0.3) is 0 Å². The number of carbonyl (C=O) groups excluding carboxylic acids is 3. The van der Waals surface area contributed by atoms with E-state index < -0.39 is 7.14 Å². The topological polar surface area (TPSA) is 165 Å². The Morgan fingerprint density at radius 2 is 0.500 bits per heavy atom. The van der Waals surface area contributed by atoms with Gasteiger partial charge in [-0.05, 0) is 141 Å². The van der Waals surface area contributed by atoms with E-state index >= 15 is 0 Å². The smallest absolute Gasteiger partial charge is 0.872 e. The first kappa shape index (κ1) is 72.3. The van der Waals surface area contributed by atoms with Gasteiger partial charge in [-0.1, -0.05) is 243 Å². The number of hydrogen-bond donors (Lipinski definition) is 0. The first-order valence-electron chi connectivity index (χ1n) is 29.1. The second kappa shape index (κ2) is 33.4. The summed E-state index contributed by atoms with van der Waals surface area (Å²) in [6.07, 6.45) is 3.40. The van der Waals surface area contributed by atoms with Crippen LogP contribution in [0.1, 0.15) is 127 Å². The van der Waals surface area contributed by atoms with E-state index in [0.717, 1.165) is 50.8 Å². The second-order valence-electron chi connectivity index (χ2n) is 23.9. The largest absolute Gasteiger partial charge is 3.00 e. The Morgan fingerprint density at radius 1 is 0.311 bits per heavy atom. The van der Waals surface area contributed by atoms with E-state index in [0.29, 0.717) is 50.6 Å². The minimum absolute atomic E-state index is 0. The number of methoxy groups -OCH3 is 3. The van der Waals surface area contributed by atoms with Crippen LogP contribution in [0.3, 0.4) is 0 Å². The maximum atomic E-state index is 13.8. The molecular formula is C78H78GdO10P. The molecule has 9 rings (SSSR count). The Morgan fingerprint density at radius 3 is 0.678 bits per heavy atom. The average Bonchev–Trinajstić information content (AvgIpc) is 0.966. The van der Waals surface area contributed by atoms with Crippen molar-refractivity contribution in [2.24, 2.45) is 0 Å². The summed E-state index contributed by atoms with van der Waals surface area (Å²) in [5.74, 6) is 0.235. The molecule has 10 nitrogen and oxygen atoms in total. The second-order valence-corrected chi connectivity index (χ2v) is 26.7. The van der Waals surface area contributed by atoms with Crippen LogP contribution in [-0.2, 0) is 20.8 Å². The third kappa shape index (κ3) is 20.8. The van der Waals surface area contributed by atoms with Crippen molar-refractivity contribution in [3.63, 3.8) is 0 Å². The Hall–Kier alpha value is -8.44. The van der Waals surface area contributed by atoms with Gasteiger partial charge in [0.05, 0.1) is 21.3 Å². The average molecular weight is 1360 g/mol. The van der Waals surface area contributed by atoms with E-state index in [1.165, 1.54) is 0 Å². The van der Waals surface area contributed by atoms with Crippen LogP contribution in [-0.4, -0.2) is 38.7 Å². The van der Waals surface area contributed by atoms with Crippen molar-refractivity contribution in [1.29, 1.82) is 0 Å². The van der Waals surface area contributed by atoms with Gasteiger partial charge in [-0.2, -0.15) is 0 Å². The zero-order valence-corrected chi connectivity index (χ0v) is 56.3. The molecule has 0 saturated heterocycles. The van der Waals surface area contributed by atoms with Gasteiger partial charge in [0.1, 0.15) is 17.2 Å². The zero-order chi connectivity index (χ0) is 64.9. The van der Waals surface area contributed by atoms with Gasteiger partial charge in [0, 0.05) is 32.6 Å². The van der Waals surface area contributed by atoms with Crippen molar-refractivity contribution >= 4 is 57.7 Å². The molecule has 0 aliphatic rings. The summed E-state index contributed by atoms with van der Waals surface area (Å²) in [4.78, 5) is 36.4. The van der Waals surface area contributed by atoms with Gasteiger partial charge < -0.3 is 34.1 Å². The summed E-state index contributed by atoms with van der Waals surface area (Å²) in [7, 11) is 1.91. The molecule has 1 radical (unpaired) electrons. The van der Waals surface area contributed by atoms with Crippen LogP contribution < -0.4 is 45.4 Å².